The van der Waals surface area contributed by atoms with E-state index in [9.17, 15) is 4.39 Å². The molecule has 2 nitrogen and oxygen atoms in total. The molecule has 2 rings (SSSR count). The van der Waals surface area contributed by atoms with Gasteiger partial charge >= 0.3 is 0 Å². The van der Waals surface area contributed by atoms with Gasteiger partial charge in [-0.15, -0.1) is 0 Å². The van der Waals surface area contributed by atoms with E-state index in [0.717, 1.165) is 12.4 Å². The average Bonchev–Trinajstić information content (AvgIpc) is 2.47. The minimum atomic E-state index is -0.983. The van der Waals surface area contributed by atoms with E-state index in [1.165, 1.54) is 32.1 Å². The van der Waals surface area contributed by atoms with Crippen LogP contribution >= 0.6 is 0 Å². The number of nitrogens with two attached hydrogens (primary N) is 1. The Bertz CT molecular complexity index is 377. The van der Waals surface area contributed by atoms with Crippen molar-refractivity contribution in [2.24, 2.45) is 11.7 Å². The fourth-order valence-corrected chi connectivity index (χ4v) is 2.68. The van der Waals surface area contributed by atoms with Crippen molar-refractivity contribution in [3.63, 3.8) is 0 Å². The highest BCUT2D eigenvalue weighted by Gasteiger charge is 2.14. The van der Waals surface area contributed by atoms with Gasteiger partial charge in [0.1, 0.15) is 11.9 Å². The molecule has 19 heavy (non-hydrogen) atoms. The fourth-order valence-electron chi connectivity index (χ4n) is 2.68. The third kappa shape index (κ3) is 4.50. The number of hydrogen-bond acceptors (Lipinski definition) is 2. The molecule has 1 saturated carbocycles. The van der Waals surface area contributed by atoms with Gasteiger partial charge in [0.25, 0.3) is 0 Å². The Morgan fingerprint density at radius 2 is 2.05 bits per heavy atom. The van der Waals surface area contributed by atoms with Crippen molar-refractivity contribution in [3.8, 4) is 5.75 Å². The Morgan fingerprint density at radius 3 is 2.79 bits per heavy atom. The van der Waals surface area contributed by atoms with Crippen molar-refractivity contribution in [1.82, 2.24) is 0 Å². The Hall–Kier alpha value is -1.09. The molecule has 1 aromatic carbocycles. The highest BCUT2D eigenvalue weighted by molar-refractivity contribution is 5.30. The van der Waals surface area contributed by atoms with Crippen molar-refractivity contribution < 1.29 is 9.13 Å². The molecule has 0 bridgehead atoms. The first kappa shape index (κ1) is 14.3. The van der Waals surface area contributed by atoms with Crippen LogP contribution in [0.4, 0.5) is 4.39 Å². The SMILES string of the molecule is NCCC(F)c1cccc(OCC2CCCCC2)c1. The molecule has 1 aliphatic rings. The van der Waals surface area contributed by atoms with Crippen LogP contribution in [0.3, 0.4) is 0 Å². The lowest BCUT2D eigenvalue weighted by Gasteiger charge is -2.21. The molecular weight excluding hydrogens is 241 g/mol. The molecule has 106 valence electrons. The summed E-state index contributed by atoms with van der Waals surface area (Å²) in [5, 5.41) is 0. The molecule has 1 aromatic rings. The zero-order valence-electron chi connectivity index (χ0n) is 11.5. The largest absolute Gasteiger partial charge is 0.493 e. The number of rotatable bonds is 6. The summed E-state index contributed by atoms with van der Waals surface area (Å²) < 4.78 is 19.6. The first-order valence-corrected chi connectivity index (χ1v) is 7.36. The van der Waals surface area contributed by atoms with Crippen LogP contribution in [0, 0.1) is 5.92 Å². The summed E-state index contributed by atoms with van der Waals surface area (Å²) in [6.07, 6.45) is 5.90. The van der Waals surface area contributed by atoms with E-state index in [1.807, 2.05) is 18.2 Å². The van der Waals surface area contributed by atoms with E-state index in [4.69, 9.17) is 10.5 Å². The molecular formula is C16H24FNO. The van der Waals surface area contributed by atoms with Gasteiger partial charge in [0.15, 0.2) is 0 Å². The summed E-state index contributed by atoms with van der Waals surface area (Å²) >= 11 is 0. The van der Waals surface area contributed by atoms with Gasteiger partial charge in [-0.2, -0.15) is 0 Å². The normalized spacial score (nSPS) is 18.2. The molecule has 1 aliphatic carbocycles. The van der Waals surface area contributed by atoms with Gasteiger partial charge in [-0.25, -0.2) is 4.39 Å². The van der Waals surface area contributed by atoms with Crippen molar-refractivity contribution in [2.75, 3.05) is 13.2 Å². The smallest absolute Gasteiger partial charge is 0.126 e. The van der Waals surface area contributed by atoms with E-state index in [1.54, 1.807) is 6.07 Å². The van der Waals surface area contributed by atoms with Crippen LogP contribution < -0.4 is 10.5 Å². The summed E-state index contributed by atoms with van der Waals surface area (Å²) in [4.78, 5) is 0. The molecule has 0 aromatic heterocycles. The highest BCUT2D eigenvalue weighted by atomic mass is 19.1. The maximum atomic E-state index is 13.8. The van der Waals surface area contributed by atoms with Crippen LogP contribution in [0.15, 0.2) is 24.3 Å². The van der Waals surface area contributed by atoms with Crippen LogP contribution in [-0.4, -0.2) is 13.2 Å². The number of alkyl halides is 1. The lowest BCUT2D eigenvalue weighted by Crippen LogP contribution is -2.15. The molecule has 1 atom stereocenters. The molecule has 2 N–H and O–H groups in total. The van der Waals surface area contributed by atoms with E-state index >= 15 is 0 Å². The number of halogens is 1. The molecule has 0 heterocycles. The van der Waals surface area contributed by atoms with E-state index in [0.29, 0.717) is 24.4 Å². The standard InChI is InChI=1S/C16H24FNO/c17-16(9-10-18)14-7-4-8-15(11-14)19-12-13-5-2-1-3-6-13/h4,7-8,11,13,16H,1-3,5-6,9-10,12,18H2. The van der Waals surface area contributed by atoms with Crippen LogP contribution in [0.2, 0.25) is 0 Å². The lowest BCUT2D eigenvalue weighted by atomic mass is 9.90. The van der Waals surface area contributed by atoms with Gasteiger partial charge in [-0.3, -0.25) is 0 Å². The molecule has 1 unspecified atom stereocenters. The maximum Gasteiger partial charge on any atom is 0.126 e. The lowest BCUT2D eigenvalue weighted by molar-refractivity contribution is 0.208. The zero-order chi connectivity index (χ0) is 13.5. The zero-order valence-corrected chi connectivity index (χ0v) is 11.5. The average molecular weight is 265 g/mol. The third-order valence-electron chi connectivity index (χ3n) is 3.85. The van der Waals surface area contributed by atoms with Gasteiger partial charge < -0.3 is 10.5 Å². The summed E-state index contributed by atoms with van der Waals surface area (Å²) in [6.45, 7) is 1.13. The molecule has 0 saturated heterocycles. The van der Waals surface area contributed by atoms with E-state index in [2.05, 4.69) is 0 Å². The van der Waals surface area contributed by atoms with Crippen LogP contribution in [0.25, 0.3) is 0 Å². The quantitative estimate of drug-likeness (QED) is 0.843. The van der Waals surface area contributed by atoms with Gasteiger partial charge in [-0.1, -0.05) is 31.4 Å². The molecule has 3 heteroatoms. The van der Waals surface area contributed by atoms with Gasteiger partial charge in [-0.05, 0) is 49.4 Å². The second-order valence-electron chi connectivity index (χ2n) is 5.43. The molecule has 0 spiro atoms. The predicted molar refractivity (Wildman–Crippen MR) is 76.0 cm³/mol. The summed E-state index contributed by atoms with van der Waals surface area (Å²) in [7, 11) is 0. The molecule has 0 aliphatic heterocycles. The summed E-state index contributed by atoms with van der Waals surface area (Å²) in [6, 6.07) is 7.37. The predicted octanol–water partition coefficient (Wildman–Crippen LogP) is 4.01. The van der Waals surface area contributed by atoms with E-state index < -0.39 is 6.17 Å². The van der Waals surface area contributed by atoms with Crippen LogP contribution in [0.5, 0.6) is 5.75 Å². The second-order valence-corrected chi connectivity index (χ2v) is 5.43. The minimum Gasteiger partial charge on any atom is -0.493 e. The third-order valence-corrected chi connectivity index (χ3v) is 3.85. The molecule has 0 radical (unpaired) electrons. The van der Waals surface area contributed by atoms with Gasteiger partial charge in [0.05, 0.1) is 6.61 Å². The topological polar surface area (TPSA) is 35.2 Å². The number of hydrogen-bond donors (Lipinski definition) is 1. The molecule has 1 fully saturated rings. The first-order valence-electron chi connectivity index (χ1n) is 7.36. The Kier molecular flexibility index (Phi) is 5.64. The van der Waals surface area contributed by atoms with Gasteiger partial charge in [0.2, 0.25) is 0 Å². The van der Waals surface area contributed by atoms with Crippen LogP contribution in [0.1, 0.15) is 50.3 Å². The van der Waals surface area contributed by atoms with Gasteiger partial charge in [0, 0.05) is 0 Å². The first-order chi connectivity index (χ1) is 9.29. The highest BCUT2D eigenvalue weighted by Crippen LogP contribution is 2.27. The van der Waals surface area contributed by atoms with Crippen molar-refractivity contribution in [3.05, 3.63) is 29.8 Å². The minimum absolute atomic E-state index is 0.367. The fraction of sp³-hybridized carbons (Fsp3) is 0.625. The van der Waals surface area contributed by atoms with Crippen molar-refractivity contribution in [2.45, 2.75) is 44.7 Å². The van der Waals surface area contributed by atoms with E-state index in [-0.39, 0.29) is 0 Å². The monoisotopic (exact) mass is 265 g/mol. The maximum absolute atomic E-state index is 13.8. The Balaban J connectivity index is 1.87. The summed E-state index contributed by atoms with van der Waals surface area (Å²) in [5.41, 5.74) is 6.06. The Labute approximate surface area is 115 Å². The van der Waals surface area contributed by atoms with Crippen molar-refractivity contribution in [1.29, 1.82) is 0 Å². The number of benzene rings is 1. The summed E-state index contributed by atoms with van der Waals surface area (Å²) in [5.74, 6) is 1.45. The number of ether oxygens (including phenoxy) is 1. The molecule has 0 amide bonds. The van der Waals surface area contributed by atoms with Crippen LogP contribution in [-0.2, 0) is 0 Å². The van der Waals surface area contributed by atoms with Crippen molar-refractivity contribution >= 4 is 0 Å². The second kappa shape index (κ2) is 7.49. The Morgan fingerprint density at radius 1 is 1.26 bits per heavy atom.